The highest BCUT2D eigenvalue weighted by Gasteiger charge is 2.24. The van der Waals surface area contributed by atoms with E-state index in [-0.39, 0.29) is 5.78 Å². The average molecular weight is 330 g/mol. The second kappa shape index (κ2) is 5.88. The third-order valence-electron chi connectivity index (χ3n) is 3.95. The van der Waals surface area contributed by atoms with Gasteiger partial charge in [-0.15, -0.1) is 0 Å². The number of hydrogen-bond donors (Lipinski definition) is 0. The number of ketones is 1. The maximum absolute atomic E-state index is 12.5. The Balaban J connectivity index is 1.83. The van der Waals surface area contributed by atoms with Crippen LogP contribution < -0.4 is 0 Å². The number of hydrogen-bond acceptors (Lipinski definition) is 2. The van der Waals surface area contributed by atoms with Crippen LogP contribution in [0.4, 0.5) is 0 Å². The molecule has 0 amide bonds. The zero-order chi connectivity index (χ0) is 13.9. The highest BCUT2D eigenvalue weighted by Crippen LogP contribution is 2.34. The molecule has 2 aromatic rings. The highest BCUT2D eigenvalue weighted by atomic mass is 79.9. The zero-order valence-electron chi connectivity index (χ0n) is 11.2. The standard InChI is InChI=1S/C17H16BrNO/c18-15-9-4-10-19-17(15)16(20)11-13-7-3-6-12-5-1-2-8-14(12)13/h1-2,4-5,8-10,13H,3,6-7,11H2. The lowest BCUT2D eigenvalue weighted by atomic mass is 9.80. The minimum atomic E-state index is 0.124. The molecule has 1 atom stereocenters. The van der Waals surface area contributed by atoms with Crippen LogP contribution in [0.5, 0.6) is 0 Å². The summed E-state index contributed by atoms with van der Waals surface area (Å²) >= 11 is 3.41. The number of fused-ring (bicyclic) bond motifs is 1. The normalized spacial score (nSPS) is 17.6. The number of pyridine rings is 1. The third kappa shape index (κ3) is 2.68. The van der Waals surface area contributed by atoms with Gasteiger partial charge in [0.2, 0.25) is 0 Å². The van der Waals surface area contributed by atoms with Gasteiger partial charge in [0.15, 0.2) is 5.78 Å². The van der Waals surface area contributed by atoms with Crippen molar-refractivity contribution in [1.29, 1.82) is 0 Å². The van der Waals surface area contributed by atoms with Gasteiger partial charge in [0, 0.05) is 17.1 Å². The van der Waals surface area contributed by atoms with E-state index in [1.165, 1.54) is 17.5 Å². The van der Waals surface area contributed by atoms with Crippen molar-refractivity contribution in [3.8, 4) is 0 Å². The van der Waals surface area contributed by atoms with Gasteiger partial charge >= 0.3 is 0 Å². The van der Waals surface area contributed by atoms with Gasteiger partial charge in [-0.25, -0.2) is 0 Å². The van der Waals surface area contributed by atoms with Crippen molar-refractivity contribution in [2.45, 2.75) is 31.6 Å². The molecule has 1 aromatic carbocycles. The second-order valence-corrected chi connectivity index (χ2v) is 6.10. The van der Waals surface area contributed by atoms with Crippen molar-refractivity contribution in [2.75, 3.05) is 0 Å². The molecule has 3 heteroatoms. The van der Waals surface area contributed by atoms with Gasteiger partial charge < -0.3 is 0 Å². The maximum atomic E-state index is 12.5. The predicted molar refractivity (Wildman–Crippen MR) is 83.0 cm³/mol. The first-order valence-electron chi connectivity index (χ1n) is 6.97. The first kappa shape index (κ1) is 13.5. The molecule has 0 fully saturated rings. The summed E-state index contributed by atoms with van der Waals surface area (Å²) in [4.78, 5) is 16.7. The van der Waals surface area contributed by atoms with E-state index in [0.717, 1.165) is 17.3 Å². The number of nitrogens with zero attached hydrogens (tertiary/aromatic N) is 1. The van der Waals surface area contributed by atoms with E-state index in [1.807, 2.05) is 12.1 Å². The first-order chi connectivity index (χ1) is 9.75. The Morgan fingerprint density at radius 3 is 2.95 bits per heavy atom. The molecular formula is C17H16BrNO. The minimum Gasteiger partial charge on any atom is -0.292 e. The van der Waals surface area contributed by atoms with Crippen LogP contribution in [-0.4, -0.2) is 10.8 Å². The molecule has 0 spiro atoms. The first-order valence-corrected chi connectivity index (χ1v) is 7.76. The van der Waals surface area contributed by atoms with Crippen LogP contribution >= 0.6 is 15.9 Å². The van der Waals surface area contributed by atoms with E-state index in [4.69, 9.17) is 0 Å². The Morgan fingerprint density at radius 2 is 2.10 bits per heavy atom. The Kier molecular flexibility index (Phi) is 3.97. The molecule has 0 saturated heterocycles. The number of carbonyl (C=O) groups excluding carboxylic acids is 1. The molecule has 1 aromatic heterocycles. The molecule has 3 rings (SSSR count). The molecule has 0 saturated carbocycles. The van der Waals surface area contributed by atoms with E-state index in [0.29, 0.717) is 18.0 Å². The van der Waals surface area contributed by atoms with E-state index >= 15 is 0 Å². The van der Waals surface area contributed by atoms with Crippen molar-refractivity contribution in [1.82, 2.24) is 4.98 Å². The SMILES string of the molecule is O=C(CC1CCCc2ccccc21)c1ncccc1Br. The van der Waals surface area contributed by atoms with Gasteiger partial charge in [-0.3, -0.25) is 9.78 Å². The minimum absolute atomic E-state index is 0.124. The summed E-state index contributed by atoms with van der Waals surface area (Å²) in [6.07, 6.45) is 5.61. The van der Waals surface area contributed by atoms with E-state index in [1.54, 1.807) is 6.20 Å². The summed E-state index contributed by atoms with van der Waals surface area (Å²) in [6.45, 7) is 0. The molecule has 0 bridgehead atoms. The summed E-state index contributed by atoms with van der Waals surface area (Å²) in [5, 5.41) is 0. The second-order valence-electron chi connectivity index (χ2n) is 5.25. The number of benzene rings is 1. The highest BCUT2D eigenvalue weighted by molar-refractivity contribution is 9.10. The topological polar surface area (TPSA) is 30.0 Å². The smallest absolute Gasteiger partial charge is 0.182 e. The average Bonchev–Trinajstić information content (AvgIpc) is 2.48. The van der Waals surface area contributed by atoms with Gasteiger partial charge in [0.1, 0.15) is 5.69 Å². The van der Waals surface area contributed by atoms with E-state index in [2.05, 4.69) is 45.2 Å². The molecule has 0 radical (unpaired) electrons. The predicted octanol–water partition coefficient (Wildman–Crippen LogP) is 4.54. The van der Waals surface area contributed by atoms with Gasteiger partial charge in [0.25, 0.3) is 0 Å². The number of aromatic nitrogens is 1. The Hall–Kier alpha value is -1.48. The van der Waals surface area contributed by atoms with Crippen molar-refractivity contribution >= 4 is 21.7 Å². The number of Topliss-reactive ketones (excluding diaryl/α,β-unsaturated/α-hetero) is 1. The van der Waals surface area contributed by atoms with Crippen molar-refractivity contribution < 1.29 is 4.79 Å². The lowest BCUT2D eigenvalue weighted by molar-refractivity contribution is 0.0965. The molecule has 102 valence electrons. The van der Waals surface area contributed by atoms with Gasteiger partial charge in [0.05, 0.1) is 0 Å². The number of carbonyl (C=O) groups is 1. The Labute approximate surface area is 127 Å². The van der Waals surface area contributed by atoms with E-state index in [9.17, 15) is 4.79 Å². The summed E-state index contributed by atoms with van der Waals surface area (Å²) in [5.74, 6) is 0.459. The fraction of sp³-hybridized carbons (Fsp3) is 0.294. The summed E-state index contributed by atoms with van der Waals surface area (Å²) < 4.78 is 0.786. The van der Waals surface area contributed by atoms with Gasteiger partial charge in [-0.05, 0) is 64.4 Å². The van der Waals surface area contributed by atoms with Crippen molar-refractivity contribution in [3.05, 3.63) is 63.9 Å². The molecule has 0 N–H and O–H groups in total. The number of rotatable bonds is 3. The summed E-state index contributed by atoms with van der Waals surface area (Å²) in [5.41, 5.74) is 3.30. The number of aryl methyl sites for hydroxylation is 1. The van der Waals surface area contributed by atoms with Crippen LogP contribution in [0.3, 0.4) is 0 Å². The van der Waals surface area contributed by atoms with Crippen LogP contribution in [0.1, 0.15) is 46.8 Å². The Morgan fingerprint density at radius 1 is 1.25 bits per heavy atom. The van der Waals surface area contributed by atoms with Crippen molar-refractivity contribution in [3.63, 3.8) is 0 Å². The van der Waals surface area contributed by atoms with E-state index < -0.39 is 0 Å². The van der Waals surface area contributed by atoms with Gasteiger partial charge in [-0.1, -0.05) is 24.3 Å². The lowest BCUT2D eigenvalue weighted by Gasteiger charge is -2.24. The lowest BCUT2D eigenvalue weighted by Crippen LogP contribution is -2.15. The maximum Gasteiger partial charge on any atom is 0.182 e. The van der Waals surface area contributed by atoms with Crippen LogP contribution in [0.2, 0.25) is 0 Å². The largest absolute Gasteiger partial charge is 0.292 e. The molecule has 1 heterocycles. The summed E-state index contributed by atoms with van der Waals surface area (Å²) in [6, 6.07) is 12.2. The van der Waals surface area contributed by atoms with Crippen LogP contribution in [0, 0.1) is 0 Å². The molecule has 2 nitrogen and oxygen atoms in total. The quantitative estimate of drug-likeness (QED) is 0.774. The fourth-order valence-corrected chi connectivity index (χ4v) is 3.45. The van der Waals surface area contributed by atoms with Crippen LogP contribution in [0.15, 0.2) is 47.1 Å². The molecular weight excluding hydrogens is 314 g/mol. The fourth-order valence-electron chi connectivity index (χ4n) is 2.98. The van der Waals surface area contributed by atoms with Gasteiger partial charge in [-0.2, -0.15) is 0 Å². The van der Waals surface area contributed by atoms with Crippen LogP contribution in [-0.2, 0) is 6.42 Å². The molecule has 1 aliphatic rings. The molecule has 1 aliphatic carbocycles. The molecule has 0 aliphatic heterocycles. The third-order valence-corrected chi connectivity index (χ3v) is 4.59. The molecule has 1 unspecified atom stereocenters. The van der Waals surface area contributed by atoms with Crippen LogP contribution in [0.25, 0.3) is 0 Å². The zero-order valence-corrected chi connectivity index (χ0v) is 12.8. The summed E-state index contributed by atoms with van der Waals surface area (Å²) in [7, 11) is 0. The number of halogens is 1. The molecule has 20 heavy (non-hydrogen) atoms. The monoisotopic (exact) mass is 329 g/mol. The van der Waals surface area contributed by atoms with Crippen molar-refractivity contribution in [2.24, 2.45) is 0 Å². The Bertz CT molecular complexity index is 638.